The fourth-order valence-corrected chi connectivity index (χ4v) is 0.725. The molecule has 0 unspecified atom stereocenters. The number of aromatic amines is 1. The monoisotopic (exact) mass is 135 g/mol. The van der Waals surface area contributed by atoms with Crippen molar-refractivity contribution >= 4 is 5.69 Å². The molecular weight excluding hydrogens is 126 g/mol. The van der Waals surface area contributed by atoms with Crippen LogP contribution >= 0.6 is 0 Å². The third-order valence-corrected chi connectivity index (χ3v) is 1.25. The van der Waals surface area contributed by atoms with Gasteiger partial charge in [-0.15, -0.1) is 6.42 Å². The van der Waals surface area contributed by atoms with E-state index in [1.54, 1.807) is 6.20 Å². The second kappa shape index (κ2) is 2.44. The van der Waals surface area contributed by atoms with Crippen LogP contribution in [0.2, 0.25) is 0 Å². The number of nitrogens with zero attached hydrogens (tertiary/aromatic N) is 2. The standard InChI is InChI=1S/C7H9N3/c1-4-6-7(10(2)3)5-8-9-6/h1,5H,2-3H3,(H,8,9). The van der Waals surface area contributed by atoms with E-state index < -0.39 is 0 Å². The Bertz CT molecular complexity index is 254. The molecule has 1 aromatic heterocycles. The summed E-state index contributed by atoms with van der Waals surface area (Å²) in [6.07, 6.45) is 6.89. The van der Waals surface area contributed by atoms with Crippen LogP contribution < -0.4 is 4.90 Å². The fraction of sp³-hybridized carbons (Fsp3) is 0.286. The minimum absolute atomic E-state index is 0.727. The third-order valence-electron chi connectivity index (χ3n) is 1.25. The zero-order valence-corrected chi connectivity index (χ0v) is 6.05. The van der Waals surface area contributed by atoms with Crippen LogP contribution in [0.25, 0.3) is 0 Å². The molecule has 0 atom stereocenters. The predicted molar refractivity (Wildman–Crippen MR) is 40.8 cm³/mol. The summed E-state index contributed by atoms with van der Waals surface area (Å²) in [4.78, 5) is 1.92. The van der Waals surface area contributed by atoms with Gasteiger partial charge in [-0.2, -0.15) is 5.10 Å². The van der Waals surface area contributed by atoms with Crippen LogP contribution in [-0.2, 0) is 0 Å². The van der Waals surface area contributed by atoms with Crippen molar-refractivity contribution in [3.63, 3.8) is 0 Å². The van der Waals surface area contributed by atoms with Gasteiger partial charge in [-0.05, 0) is 5.92 Å². The molecule has 3 heteroatoms. The average molecular weight is 135 g/mol. The molecule has 1 heterocycles. The Balaban J connectivity index is 3.05. The molecule has 3 nitrogen and oxygen atoms in total. The lowest BCUT2D eigenvalue weighted by Gasteiger charge is -2.08. The maximum Gasteiger partial charge on any atom is 0.131 e. The van der Waals surface area contributed by atoms with Gasteiger partial charge in [-0.1, -0.05) is 0 Å². The highest BCUT2D eigenvalue weighted by Crippen LogP contribution is 2.12. The van der Waals surface area contributed by atoms with Gasteiger partial charge in [-0.25, -0.2) is 0 Å². The number of aromatic nitrogens is 2. The minimum Gasteiger partial charge on any atom is -0.374 e. The lowest BCUT2D eigenvalue weighted by atomic mass is 10.4. The molecule has 1 rings (SSSR count). The summed E-state index contributed by atoms with van der Waals surface area (Å²) in [5.41, 5.74) is 1.67. The van der Waals surface area contributed by atoms with Crippen LogP contribution in [0.4, 0.5) is 5.69 Å². The molecule has 0 radical (unpaired) electrons. The summed E-state index contributed by atoms with van der Waals surface area (Å²) >= 11 is 0. The summed E-state index contributed by atoms with van der Waals surface area (Å²) in [7, 11) is 3.84. The summed E-state index contributed by atoms with van der Waals surface area (Å²) < 4.78 is 0. The molecule has 0 saturated heterocycles. The molecule has 0 saturated carbocycles. The SMILES string of the molecule is C#Cc1[nH]ncc1N(C)C. The van der Waals surface area contributed by atoms with Gasteiger partial charge in [-0.3, -0.25) is 5.10 Å². The highest BCUT2D eigenvalue weighted by molar-refractivity contribution is 5.54. The van der Waals surface area contributed by atoms with E-state index in [4.69, 9.17) is 6.42 Å². The Morgan fingerprint density at radius 3 is 2.80 bits per heavy atom. The fourth-order valence-electron chi connectivity index (χ4n) is 0.725. The summed E-state index contributed by atoms with van der Waals surface area (Å²) in [6.45, 7) is 0. The number of terminal acetylenes is 1. The molecule has 0 amide bonds. The second-order valence-corrected chi connectivity index (χ2v) is 2.17. The van der Waals surface area contributed by atoms with Crippen molar-refractivity contribution in [3.8, 4) is 12.3 Å². The van der Waals surface area contributed by atoms with Crippen LogP contribution in [0.15, 0.2) is 6.20 Å². The maximum absolute atomic E-state index is 5.18. The molecule has 1 aromatic rings. The topological polar surface area (TPSA) is 31.9 Å². The van der Waals surface area contributed by atoms with Crippen LogP contribution in [0.1, 0.15) is 5.69 Å². The average Bonchev–Trinajstić information content (AvgIpc) is 2.33. The first-order valence-electron chi connectivity index (χ1n) is 2.93. The Labute approximate surface area is 60.0 Å². The Morgan fingerprint density at radius 2 is 2.40 bits per heavy atom. The van der Waals surface area contributed by atoms with E-state index in [0.717, 1.165) is 11.4 Å². The summed E-state index contributed by atoms with van der Waals surface area (Å²) in [5, 5.41) is 6.51. The first-order valence-corrected chi connectivity index (χ1v) is 2.93. The predicted octanol–water partition coefficient (Wildman–Crippen LogP) is 0.457. The highest BCUT2D eigenvalue weighted by atomic mass is 15.2. The van der Waals surface area contributed by atoms with Crippen molar-refractivity contribution < 1.29 is 0 Å². The van der Waals surface area contributed by atoms with Gasteiger partial charge in [0.15, 0.2) is 0 Å². The van der Waals surface area contributed by atoms with Crippen LogP contribution in [0, 0.1) is 12.3 Å². The lowest BCUT2D eigenvalue weighted by molar-refractivity contribution is 1.08. The number of nitrogens with one attached hydrogen (secondary N) is 1. The van der Waals surface area contributed by atoms with E-state index in [0.29, 0.717) is 0 Å². The van der Waals surface area contributed by atoms with Crippen molar-refractivity contribution in [2.24, 2.45) is 0 Å². The third kappa shape index (κ3) is 0.960. The van der Waals surface area contributed by atoms with Crippen LogP contribution in [-0.4, -0.2) is 24.3 Å². The number of rotatable bonds is 1. The first-order chi connectivity index (χ1) is 4.75. The number of anilines is 1. The zero-order valence-electron chi connectivity index (χ0n) is 6.05. The Morgan fingerprint density at radius 1 is 1.70 bits per heavy atom. The van der Waals surface area contributed by atoms with Gasteiger partial charge in [0.1, 0.15) is 5.69 Å². The second-order valence-electron chi connectivity index (χ2n) is 2.17. The molecule has 0 aliphatic carbocycles. The molecule has 1 N–H and O–H groups in total. The first kappa shape index (κ1) is 6.69. The van der Waals surface area contributed by atoms with E-state index in [1.807, 2.05) is 19.0 Å². The normalized spacial score (nSPS) is 8.90. The van der Waals surface area contributed by atoms with Crippen molar-refractivity contribution in [2.75, 3.05) is 19.0 Å². The molecule has 0 fully saturated rings. The van der Waals surface area contributed by atoms with Gasteiger partial charge in [0.25, 0.3) is 0 Å². The number of hydrogen-bond acceptors (Lipinski definition) is 2. The van der Waals surface area contributed by atoms with Crippen molar-refractivity contribution in [1.29, 1.82) is 0 Å². The van der Waals surface area contributed by atoms with Gasteiger partial charge >= 0.3 is 0 Å². The zero-order chi connectivity index (χ0) is 7.56. The molecular formula is C7H9N3. The summed E-state index contributed by atoms with van der Waals surface area (Å²) in [5.74, 6) is 2.50. The van der Waals surface area contributed by atoms with Crippen molar-refractivity contribution in [3.05, 3.63) is 11.9 Å². The number of hydrogen-bond donors (Lipinski definition) is 1. The molecule has 0 aliphatic heterocycles. The van der Waals surface area contributed by atoms with E-state index in [-0.39, 0.29) is 0 Å². The van der Waals surface area contributed by atoms with E-state index in [2.05, 4.69) is 16.1 Å². The molecule has 0 aliphatic rings. The Hall–Kier alpha value is -1.43. The van der Waals surface area contributed by atoms with Crippen LogP contribution in [0.3, 0.4) is 0 Å². The molecule has 52 valence electrons. The van der Waals surface area contributed by atoms with Gasteiger partial charge in [0, 0.05) is 14.1 Å². The summed E-state index contributed by atoms with van der Waals surface area (Å²) in [6, 6.07) is 0. The quantitative estimate of drug-likeness (QED) is 0.567. The molecule has 0 spiro atoms. The van der Waals surface area contributed by atoms with E-state index in [9.17, 15) is 0 Å². The Kier molecular flexibility index (Phi) is 1.63. The van der Waals surface area contributed by atoms with Gasteiger partial charge in [0.2, 0.25) is 0 Å². The van der Waals surface area contributed by atoms with Gasteiger partial charge < -0.3 is 4.90 Å². The lowest BCUT2D eigenvalue weighted by Crippen LogP contribution is -2.08. The van der Waals surface area contributed by atoms with Gasteiger partial charge in [0.05, 0.1) is 11.9 Å². The largest absolute Gasteiger partial charge is 0.374 e. The minimum atomic E-state index is 0.727. The maximum atomic E-state index is 5.18. The highest BCUT2D eigenvalue weighted by Gasteiger charge is 2.01. The molecule has 0 aromatic carbocycles. The van der Waals surface area contributed by atoms with E-state index >= 15 is 0 Å². The van der Waals surface area contributed by atoms with E-state index in [1.165, 1.54) is 0 Å². The van der Waals surface area contributed by atoms with Crippen molar-refractivity contribution in [2.45, 2.75) is 0 Å². The van der Waals surface area contributed by atoms with Crippen molar-refractivity contribution in [1.82, 2.24) is 10.2 Å². The van der Waals surface area contributed by atoms with Crippen LogP contribution in [0.5, 0.6) is 0 Å². The number of H-pyrrole nitrogens is 1. The molecule has 0 bridgehead atoms. The smallest absolute Gasteiger partial charge is 0.131 e. The molecule has 10 heavy (non-hydrogen) atoms.